The van der Waals surface area contributed by atoms with E-state index in [-0.39, 0.29) is 24.5 Å². The lowest BCUT2D eigenvalue weighted by atomic mass is 10.1. The molecule has 0 saturated heterocycles. The molecule has 12 heteroatoms. The van der Waals surface area contributed by atoms with Gasteiger partial charge in [0, 0.05) is 36.3 Å². The number of amides is 1. The Labute approximate surface area is 193 Å². The highest BCUT2D eigenvalue weighted by molar-refractivity contribution is 6.31. The molecular formula is C21H22ClN7O4. The zero-order valence-corrected chi connectivity index (χ0v) is 18.7. The van der Waals surface area contributed by atoms with E-state index in [1.165, 1.54) is 23.4 Å². The predicted molar refractivity (Wildman–Crippen MR) is 122 cm³/mol. The number of carbonyl (C=O) groups excluding carboxylic acids is 1. The number of nitrogen functional groups attached to an aromatic ring is 1. The molecule has 4 aromatic rings. The molecule has 33 heavy (non-hydrogen) atoms. The normalized spacial score (nSPS) is 12.1. The van der Waals surface area contributed by atoms with Crippen molar-refractivity contribution >= 4 is 34.7 Å². The maximum atomic E-state index is 13.2. The first-order valence-electron chi connectivity index (χ1n) is 9.89. The quantitative estimate of drug-likeness (QED) is 0.354. The monoisotopic (exact) mass is 471 g/mol. The summed E-state index contributed by atoms with van der Waals surface area (Å²) in [6.07, 6.45) is 3.99. The number of benzene rings is 1. The van der Waals surface area contributed by atoms with E-state index in [4.69, 9.17) is 26.8 Å². The number of aliphatic hydroxyl groups excluding tert-OH is 1. The Kier molecular flexibility index (Phi) is 6.45. The van der Waals surface area contributed by atoms with Crippen molar-refractivity contribution in [3.05, 3.63) is 53.4 Å². The summed E-state index contributed by atoms with van der Waals surface area (Å²) < 4.78 is 13.4. The number of halogens is 1. The summed E-state index contributed by atoms with van der Waals surface area (Å²) in [4.78, 5) is 17.4. The van der Waals surface area contributed by atoms with Gasteiger partial charge in [-0.15, -0.1) is 5.10 Å². The third kappa shape index (κ3) is 4.60. The number of nitrogens with one attached hydrogen (secondary N) is 1. The van der Waals surface area contributed by atoms with Crippen LogP contribution in [-0.2, 0) is 11.3 Å². The molecule has 0 bridgehead atoms. The van der Waals surface area contributed by atoms with Gasteiger partial charge in [-0.05, 0) is 24.3 Å². The van der Waals surface area contributed by atoms with Crippen LogP contribution in [0.3, 0.4) is 0 Å². The van der Waals surface area contributed by atoms with Crippen molar-refractivity contribution in [2.45, 2.75) is 12.6 Å². The van der Waals surface area contributed by atoms with Crippen molar-refractivity contribution in [1.29, 1.82) is 0 Å². The number of anilines is 2. The molecule has 172 valence electrons. The summed E-state index contributed by atoms with van der Waals surface area (Å²) >= 11 is 6.21. The number of fused-ring (bicyclic) bond motifs is 1. The van der Waals surface area contributed by atoms with E-state index >= 15 is 0 Å². The maximum Gasteiger partial charge on any atom is 0.263 e. The number of hydrogen-bond donors (Lipinski definition) is 3. The number of nitrogens with two attached hydrogens (primary N) is 1. The van der Waals surface area contributed by atoms with Gasteiger partial charge in [0.15, 0.2) is 11.5 Å². The minimum absolute atomic E-state index is 0.0380. The van der Waals surface area contributed by atoms with Crippen molar-refractivity contribution in [2.24, 2.45) is 0 Å². The highest BCUT2D eigenvalue weighted by atomic mass is 35.5. The Morgan fingerprint density at radius 2 is 2.15 bits per heavy atom. The summed E-state index contributed by atoms with van der Waals surface area (Å²) in [7, 11) is 3.02. The second-order valence-corrected chi connectivity index (χ2v) is 7.61. The Balaban J connectivity index is 1.76. The van der Waals surface area contributed by atoms with Gasteiger partial charge in [0.2, 0.25) is 0 Å². The second-order valence-electron chi connectivity index (χ2n) is 7.17. The fourth-order valence-electron chi connectivity index (χ4n) is 3.44. The molecule has 3 aromatic heterocycles. The van der Waals surface area contributed by atoms with E-state index in [2.05, 4.69) is 20.5 Å². The average molecular weight is 472 g/mol. The van der Waals surface area contributed by atoms with E-state index in [9.17, 15) is 9.90 Å². The van der Waals surface area contributed by atoms with Crippen LogP contribution < -0.4 is 15.8 Å². The summed E-state index contributed by atoms with van der Waals surface area (Å²) in [6.45, 7) is 0.266. The molecule has 3 heterocycles. The number of ether oxygens (including phenoxy) is 2. The number of aromatic nitrogens is 5. The molecule has 0 fully saturated rings. The fourth-order valence-corrected chi connectivity index (χ4v) is 3.61. The first-order valence-corrected chi connectivity index (χ1v) is 10.3. The van der Waals surface area contributed by atoms with Gasteiger partial charge in [-0.2, -0.15) is 5.10 Å². The topological polar surface area (TPSA) is 142 Å². The Morgan fingerprint density at radius 1 is 1.33 bits per heavy atom. The lowest BCUT2D eigenvalue weighted by Crippen LogP contribution is -2.21. The summed E-state index contributed by atoms with van der Waals surface area (Å²) in [5.41, 5.74) is 7.76. The highest BCUT2D eigenvalue weighted by Crippen LogP contribution is 2.36. The predicted octanol–water partition coefficient (Wildman–Crippen LogP) is 2.10. The van der Waals surface area contributed by atoms with Gasteiger partial charge in [-0.1, -0.05) is 11.6 Å². The number of rotatable bonds is 8. The van der Waals surface area contributed by atoms with Gasteiger partial charge in [0.25, 0.3) is 5.91 Å². The number of aliphatic hydroxyl groups is 1. The van der Waals surface area contributed by atoms with E-state index < -0.39 is 12.0 Å². The van der Waals surface area contributed by atoms with Crippen LogP contribution in [0, 0.1) is 0 Å². The van der Waals surface area contributed by atoms with Crippen molar-refractivity contribution in [1.82, 2.24) is 24.4 Å². The van der Waals surface area contributed by atoms with Crippen LogP contribution in [-0.4, -0.2) is 62.3 Å². The van der Waals surface area contributed by atoms with E-state index in [1.807, 2.05) is 0 Å². The Bertz CT molecular complexity index is 1300. The lowest BCUT2D eigenvalue weighted by molar-refractivity contribution is 0.0514. The van der Waals surface area contributed by atoms with Gasteiger partial charge < -0.3 is 25.6 Å². The molecule has 4 N–H and O–H groups in total. The van der Waals surface area contributed by atoms with Gasteiger partial charge in [-0.3, -0.25) is 9.48 Å². The van der Waals surface area contributed by atoms with Crippen molar-refractivity contribution in [3.63, 3.8) is 0 Å². The largest absolute Gasteiger partial charge is 0.496 e. The zero-order chi connectivity index (χ0) is 23.5. The van der Waals surface area contributed by atoms with Gasteiger partial charge >= 0.3 is 0 Å². The minimum atomic E-state index is -0.799. The average Bonchev–Trinajstić information content (AvgIpc) is 3.33. The molecule has 0 radical (unpaired) electrons. The SMILES string of the molecule is COCC(O)Cn1cc(NC(=O)c2c(N)nn3cccnc23)c(-c2cc(Cl)ccc2OC)n1. The van der Waals surface area contributed by atoms with Gasteiger partial charge in [-0.25, -0.2) is 9.50 Å². The third-order valence-electron chi connectivity index (χ3n) is 4.83. The van der Waals surface area contributed by atoms with E-state index in [0.717, 1.165) is 0 Å². The third-order valence-corrected chi connectivity index (χ3v) is 5.07. The minimum Gasteiger partial charge on any atom is -0.496 e. The first kappa shape index (κ1) is 22.5. The van der Waals surface area contributed by atoms with Crippen LogP contribution in [0.25, 0.3) is 16.9 Å². The van der Waals surface area contributed by atoms with E-state index in [1.54, 1.807) is 42.9 Å². The van der Waals surface area contributed by atoms with Crippen LogP contribution in [0.5, 0.6) is 5.75 Å². The summed E-state index contributed by atoms with van der Waals surface area (Å²) in [5, 5.41) is 22.1. The molecule has 11 nitrogen and oxygen atoms in total. The summed E-state index contributed by atoms with van der Waals surface area (Å²) in [5.74, 6) is 0.0335. The standard InChI is InChI=1S/C21H22ClN7O4/c1-32-11-13(30)9-28-10-15(18(26-28)14-8-12(22)4-5-16(14)33-2)25-21(31)17-19(23)27-29-7-3-6-24-20(17)29/h3-8,10,13,30H,9,11H2,1-2H3,(H2,23,27)(H,25,31). The Morgan fingerprint density at radius 3 is 2.91 bits per heavy atom. The number of methoxy groups -OCH3 is 2. The van der Waals surface area contributed by atoms with Crippen molar-refractivity contribution in [3.8, 4) is 17.0 Å². The second kappa shape index (κ2) is 9.45. The summed E-state index contributed by atoms with van der Waals surface area (Å²) in [6, 6.07) is 6.75. The molecule has 1 atom stereocenters. The molecule has 0 aliphatic heterocycles. The van der Waals surface area contributed by atoms with Crippen LogP contribution in [0.1, 0.15) is 10.4 Å². The molecule has 1 amide bonds. The maximum absolute atomic E-state index is 13.2. The van der Waals surface area contributed by atoms with Crippen LogP contribution in [0.2, 0.25) is 5.02 Å². The molecule has 4 rings (SSSR count). The Hall–Kier alpha value is -3.67. The lowest BCUT2D eigenvalue weighted by Gasteiger charge is -2.10. The number of carbonyl (C=O) groups is 1. The molecule has 0 spiro atoms. The zero-order valence-electron chi connectivity index (χ0n) is 17.9. The van der Waals surface area contributed by atoms with E-state index in [0.29, 0.717) is 33.4 Å². The van der Waals surface area contributed by atoms with Crippen LogP contribution >= 0.6 is 11.6 Å². The molecule has 0 saturated carbocycles. The highest BCUT2D eigenvalue weighted by Gasteiger charge is 2.23. The van der Waals surface area contributed by atoms with Gasteiger partial charge in [0.05, 0.1) is 32.1 Å². The molecular weight excluding hydrogens is 450 g/mol. The molecule has 0 aliphatic carbocycles. The van der Waals surface area contributed by atoms with Crippen molar-refractivity contribution in [2.75, 3.05) is 31.9 Å². The van der Waals surface area contributed by atoms with Gasteiger partial charge in [0.1, 0.15) is 17.0 Å². The molecule has 0 aliphatic rings. The number of nitrogens with zero attached hydrogens (tertiary/aromatic N) is 5. The fraction of sp³-hybridized carbons (Fsp3) is 0.238. The van der Waals surface area contributed by atoms with Crippen LogP contribution in [0.4, 0.5) is 11.5 Å². The number of hydrogen-bond acceptors (Lipinski definition) is 8. The molecule has 1 unspecified atom stereocenters. The smallest absolute Gasteiger partial charge is 0.263 e. The molecule has 1 aromatic carbocycles. The van der Waals surface area contributed by atoms with Crippen LogP contribution in [0.15, 0.2) is 42.9 Å². The van der Waals surface area contributed by atoms with Crippen molar-refractivity contribution < 1.29 is 19.4 Å². The first-order chi connectivity index (χ1) is 15.9.